The van der Waals surface area contributed by atoms with Gasteiger partial charge in [-0.1, -0.05) is 59.6 Å². The number of carbonyl (C=O) groups excluding carboxylic acids is 1. The summed E-state index contributed by atoms with van der Waals surface area (Å²) in [6.07, 6.45) is 7.35. The molecule has 0 radical (unpaired) electrons. The molecule has 4 aromatic rings. The molecule has 2 aliphatic heterocycles. The first kappa shape index (κ1) is 34.0. The molecule has 3 N–H and O–H groups in total. The first-order chi connectivity index (χ1) is 23.4. The van der Waals surface area contributed by atoms with Gasteiger partial charge in [0.15, 0.2) is 0 Å². The van der Waals surface area contributed by atoms with Crippen molar-refractivity contribution < 1.29 is 24.1 Å². The lowest BCUT2D eigenvalue weighted by Crippen LogP contribution is -2.46. The van der Waals surface area contributed by atoms with E-state index in [2.05, 4.69) is 20.6 Å². The molecule has 4 heterocycles. The van der Waals surface area contributed by atoms with Crippen LogP contribution in [0.25, 0.3) is 33.6 Å². The smallest absolute Gasteiger partial charge is 0.237 e. The number of aliphatic hydroxyl groups is 1. The van der Waals surface area contributed by atoms with E-state index in [0.29, 0.717) is 89.0 Å². The van der Waals surface area contributed by atoms with Crippen LogP contribution in [-0.2, 0) is 22.5 Å². The van der Waals surface area contributed by atoms with E-state index < -0.39 is 6.10 Å². The molecule has 0 aliphatic carbocycles. The number of hydrogen-bond donors (Lipinski definition) is 3. The molecule has 2 saturated heterocycles. The number of nitrogens with one attached hydrogen (secondary N) is 2. The van der Waals surface area contributed by atoms with Gasteiger partial charge in [-0.3, -0.25) is 14.8 Å². The highest BCUT2D eigenvalue weighted by Gasteiger charge is 2.25. The summed E-state index contributed by atoms with van der Waals surface area (Å²) in [7, 11) is 3.12. The van der Waals surface area contributed by atoms with Gasteiger partial charge in [-0.2, -0.15) is 0 Å². The number of nitrogens with zero attached hydrogens (tertiary/aromatic N) is 4. The monoisotopic (exact) mass is 692 g/mol. The Bertz CT molecular complexity index is 1780. The maximum Gasteiger partial charge on any atom is 0.237 e. The maximum absolute atomic E-state index is 11.5. The number of hydrogen-bond acceptors (Lipinski definition) is 10. The van der Waals surface area contributed by atoms with Crippen molar-refractivity contribution in [1.82, 2.24) is 30.6 Å². The van der Waals surface area contributed by atoms with Crippen molar-refractivity contribution in [2.24, 2.45) is 0 Å². The Morgan fingerprint density at radius 1 is 0.917 bits per heavy atom. The minimum absolute atomic E-state index is 0.119. The van der Waals surface area contributed by atoms with Crippen LogP contribution in [0.2, 0.25) is 10.0 Å². The molecule has 3 atom stereocenters. The second-order valence-electron chi connectivity index (χ2n) is 11.9. The lowest BCUT2D eigenvalue weighted by atomic mass is 9.98. The van der Waals surface area contributed by atoms with Crippen molar-refractivity contribution >= 4 is 29.1 Å². The highest BCUT2D eigenvalue weighted by Crippen LogP contribution is 2.42. The van der Waals surface area contributed by atoms with E-state index in [1.54, 1.807) is 26.6 Å². The van der Waals surface area contributed by atoms with Crippen LogP contribution < -0.4 is 20.1 Å². The molecule has 2 aromatic heterocycles. The standard InChI is InChI=1S/C35H38Cl2N6O5/c1-46-34-25(11-3-6-20-12-13-31(45)41-20)38-16-26(42-34)23-9-4-7-21(32(23)36)22-8-5-10-24(33(22)37)27-17-39-28(35(43-27)47-2)18-40-29-19-48-15-14-30(29)44/h4-5,7-10,16-17,20,29-30,40,44H,3,6,11-15,18-19H2,1-2H3,(H,41,45)/t20-,29+,30+/m1/s1. The molecule has 252 valence electrons. The summed E-state index contributed by atoms with van der Waals surface area (Å²) < 4.78 is 16.7. The maximum atomic E-state index is 11.5. The molecule has 2 aliphatic rings. The third-order valence-corrected chi connectivity index (χ3v) is 9.57. The van der Waals surface area contributed by atoms with Gasteiger partial charge in [0.25, 0.3) is 0 Å². The number of ether oxygens (including phenoxy) is 3. The van der Waals surface area contributed by atoms with E-state index in [9.17, 15) is 9.90 Å². The van der Waals surface area contributed by atoms with Gasteiger partial charge in [0.2, 0.25) is 17.7 Å². The second kappa shape index (κ2) is 15.6. The van der Waals surface area contributed by atoms with Crippen LogP contribution in [0.1, 0.15) is 43.5 Å². The quantitative estimate of drug-likeness (QED) is 0.176. The van der Waals surface area contributed by atoms with Crippen molar-refractivity contribution in [3.8, 4) is 45.4 Å². The average molecular weight is 694 g/mol. The topological polar surface area (TPSA) is 141 Å². The van der Waals surface area contributed by atoms with Crippen LogP contribution in [0.15, 0.2) is 48.8 Å². The summed E-state index contributed by atoms with van der Waals surface area (Å²) in [5.74, 6) is 0.918. The molecule has 6 rings (SSSR count). The molecule has 0 saturated carbocycles. The highest BCUT2D eigenvalue weighted by molar-refractivity contribution is 6.39. The van der Waals surface area contributed by atoms with Crippen LogP contribution in [-0.4, -0.2) is 76.6 Å². The Morgan fingerprint density at radius 2 is 1.52 bits per heavy atom. The first-order valence-corrected chi connectivity index (χ1v) is 16.8. The lowest BCUT2D eigenvalue weighted by Gasteiger charge is -2.28. The predicted octanol–water partition coefficient (Wildman–Crippen LogP) is 5.43. The molecule has 2 fully saturated rings. The van der Waals surface area contributed by atoms with Crippen LogP contribution in [0.3, 0.4) is 0 Å². The Morgan fingerprint density at radius 3 is 2.10 bits per heavy atom. The largest absolute Gasteiger partial charge is 0.480 e. The summed E-state index contributed by atoms with van der Waals surface area (Å²) in [4.78, 5) is 30.3. The van der Waals surface area contributed by atoms with Crippen molar-refractivity contribution in [3.05, 3.63) is 70.2 Å². The van der Waals surface area contributed by atoms with E-state index in [4.69, 9.17) is 47.4 Å². The molecule has 2 aromatic carbocycles. The zero-order valence-electron chi connectivity index (χ0n) is 26.8. The van der Waals surface area contributed by atoms with Crippen LogP contribution in [0.4, 0.5) is 0 Å². The minimum Gasteiger partial charge on any atom is -0.480 e. The summed E-state index contributed by atoms with van der Waals surface area (Å²) in [6, 6.07) is 11.4. The first-order valence-electron chi connectivity index (χ1n) is 16.0. The molecule has 48 heavy (non-hydrogen) atoms. The fraction of sp³-hybridized carbons (Fsp3) is 0.400. The van der Waals surface area contributed by atoms with Gasteiger partial charge in [-0.05, 0) is 32.1 Å². The third kappa shape index (κ3) is 7.55. The molecule has 1 amide bonds. The summed E-state index contributed by atoms with van der Waals surface area (Å²) in [5, 5.41) is 17.5. The number of rotatable bonds is 12. The Labute approximate surface area is 289 Å². The number of methoxy groups -OCH3 is 2. The van der Waals surface area contributed by atoms with Gasteiger partial charge in [0, 0.05) is 47.9 Å². The van der Waals surface area contributed by atoms with Gasteiger partial charge >= 0.3 is 0 Å². The summed E-state index contributed by atoms with van der Waals surface area (Å²) >= 11 is 14.1. The van der Waals surface area contributed by atoms with Crippen molar-refractivity contribution in [3.63, 3.8) is 0 Å². The molecule has 13 heteroatoms. The van der Waals surface area contributed by atoms with Gasteiger partial charge in [-0.15, -0.1) is 0 Å². The summed E-state index contributed by atoms with van der Waals surface area (Å²) in [5.41, 5.74) is 5.27. The fourth-order valence-corrected chi connectivity index (χ4v) is 6.76. The fourth-order valence-electron chi connectivity index (χ4n) is 6.11. The Balaban J connectivity index is 1.22. The number of carbonyl (C=O) groups is 1. The highest BCUT2D eigenvalue weighted by atomic mass is 35.5. The number of aliphatic hydroxyl groups excluding tert-OH is 1. The number of benzene rings is 2. The molecule has 11 nitrogen and oxygen atoms in total. The molecule has 0 bridgehead atoms. The lowest BCUT2D eigenvalue weighted by molar-refractivity contribution is -0.119. The third-order valence-electron chi connectivity index (χ3n) is 8.75. The molecular formula is C35H38Cl2N6O5. The van der Waals surface area contributed by atoms with Crippen LogP contribution in [0.5, 0.6) is 11.8 Å². The summed E-state index contributed by atoms with van der Waals surface area (Å²) in [6.45, 7) is 1.33. The predicted molar refractivity (Wildman–Crippen MR) is 183 cm³/mol. The van der Waals surface area contributed by atoms with Crippen molar-refractivity contribution in [2.45, 2.75) is 63.3 Å². The SMILES string of the molecule is COc1nc(-c2cccc(-c3cccc(-c4cnc(CN[C@H]5COCC[C@@H]5O)c(OC)n4)c3Cl)c2Cl)cnc1CCC[C@@H]1CCC(=O)N1. The van der Waals surface area contributed by atoms with Gasteiger partial charge < -0.3 is 30.0 Å². The number of halogens is 2. The van der Waals surface area contributed by atoms with Gasteiger partial charge in [0.1, 0.15) is 11.4 Å². The van der Waals surface area contributed by atoms with E-state index in [1.807, 2.05) is 36.4 Å². The van der Waals surface area contributed by atoms with E-state index in [-0.39, 0.29) is 18.0 Å². The normalized spacial score (nSPS) is 19.3. The number of amides is 1. The molecule has 0 unspecified atom stereocenters. The Hall–Kier alpha value is -3.87. The van der Waals surface area contributed by atoms with E-state index in [1.165, 1.54) is 0 Å². The average Bonchev–Trinajstić information content (AvgIpc) is 3.53. The van der Waals surface area contributed by atoms with Crippen molar-refractivity contribution in [1.29, 1.82) is 0 Å². The zero-order valence-corrected chi connectivity index (χ0v) is 28.4. The van der Waals surface area contributed by atoms with Gasteiger partial charge in [0.05, 0.1) is 66.8 Å². The Kier molecular flexibility index (Phi) is 11.0. The molecule has 0 spiro atoms. The van der Waals surface area contributed by atoms with Crippen LogP contribution >= 0.6 is 23.2 Å². The van der Waals surface area contributed by atoms with Gasteiger partial charge in [-0.25, -0.2) is 9.97 Å². The van der Waals surface area contributed by atoms with E-state index in [0.717, 1.165) is 36.1 Å². The van der Waals surface area contributed by atoms with Crippen molar-refractivity contribution in [2.75, 3.05) is 27.4 Å². The second-order valence-corrected chi connectivity index (χ2v) is 12.6. The number of aromatic nitrogens is 4. The number of aryl methyl sites for hydroxylation is 1. The van der Waals surface area contributed by atoms with E-state index >= 15 is 0 Å². The minimum atomic E-state index is -0.485. The zero-order chi connectivity index (χ0) is 33.6. The molecular weight excluding hydrogens is 655 g/mol. The van der Waals surface area contributed by atoms with Crippen LogP contribution in [0, 0.1) is 0 Å².